The van der Waals surface area contributed by atoms with Crippen LogP contribution in [0.25, 0.3) is 11.0 Å². The lowest BCUT2D eigenvalue weighted by molar-refractivity contribution is 0.544. The summed E-state index contributed by atoms with van der Waals surface area (Å²) in [5, 5.41) is 0. The van der Waals surface area contributed by atoms with Crippen molar-refractivity contribution in [2.24, 2.45) is 5.73 Å². The molecule has 2 rings (SSSR count). The maximum Gasteiger partial charge on any atom is 0.112 e. The average Bonchev–Trinajstić information content (AvgIpc) is 2.76. The van der Waals surface area contributed by atoms with Crippen molar-refractivity contribution in [2.75, 3.05) is 6.54 Å². The molecule has 0 saturated carbocycles. The van der Waals surface area contributed by atoms with Crippen LogP contribution in [0.15, 0.2) is 12.1 Å². The van der Waals surface area contributed by atoms with E-state index < -0.39 is 0 Å². The number of hydrogen-bond donors (Lipinski definition) is 1. The lowest BCUT2D eigenvalue weighted by Gasteiger charge is -2.15. The molecule has 20 heavy (non-hydrogen) atoms. The zero-order valence-corrected chi connectivity index (χ0v) is 13.2. The first-order valence-corrected chi connectivity index (χ1v) is 7.79. The standard InChI is InChI=1S/C17H27N3/c1-5-14(6-2)17-19-15-10-12(3)13(4)11-16(15)20(17)9-7-8-18/h10-11,14H,5-9,18H2,1-4H3. The topological polar surface area (TPSA) is 43.8 Å². The third-order valence-electron chi connectivity index (χ3n) is 4.33. The van der Waals surface area contributed by atoms with Gasteiger partial charge >= 0.3 is 0 Å². The monoisotopic (exact) mass is 273 g/mol. The number of nitrogens with zero attached hydrogens (tertiary/aromatic N) is 2. The number of imidazole rings is 1. The Morgan fingerprint density at radius 3 is 2.40 bits per heavy atom. The number of aromatic nitrogens is 2. The van der Waals surface area contributed by atoms with Crippen LogP contribution in [0.3, 0.4) is 0 Å². The fraction of sp³-hybridized carbons (Fsp3) is 0.588. The van der Waals surface area contributed by atoms with E-state index >= 15 is 0 Å². The molecule has 0 aliphatic heterocycles. The van der Waals surface area contributed by atoms with Gasteiger partial charge in [0, 0.05) is 12.5 Å². The van der Waals surface area contributed by atoms with Gasteiger partial charge in [-0.2, -0.15) is 0 Å². The molecule has 0 unspecified atom stereocenters. The number of aryl methyl sites for hydroxylation is 3. The minimum atomic E-state index is 0.542. The van der Waals surface area contributed by atoms with E-state index in [9.17, 15) is 0 Å². The van der Waals surface area contributed by atoms with Crippen LogP contribution in [0.4, 0.5) is 0 Å². The summed E-state index contributed by atoms with van der Waals surface area (Å²) in [5.41, 5.74) is 10.8. The summed E-state index contributed by atoms with van der Waals surface area (Å²) in [4.78, 5) is 4.93. The average molecular weight is 273 g/mol. The molecule has 1 aromatic carbocycles. The van der Waals surface area contributed by atoms with Crippen LogP contribution in [0, 0.1) is 13.8 Å². The van der Waals surface area contributed by atoms with Crippen LogP contribution in [0.1, 0.15) is 56.0 Å². The Hall–Kier alpha value is -1.35. The quantitative estimate of drug-likeness (QED) is 0.867. The van der Waals surface area contributed by atoms with Crippen LogP contribution in [-0.2, 0) is 6.54 Å². The highest BCUT2D eigenvalue weighted by atomic mass is 15.1. The van der Waals surface area contributed by atoms with Crippen LogP contribution < -0.4 is 5.73 Å². The van der Waals surface area contributed by atoms with Gasteiger partial charge in [-0.1, -0.05) is 13.8 Å². The fourth-order valence-electron chi connectivity index (χ4n) is 2.85. The first-order chi connectivity index (χ1) is 9.62. The number of nitrogens with two attached hydrogens (primary N) is 1. The van der Waals surface area contributed by atoms with Crippen molar-refractivity contribution in [3.63, 3.8) is 0 Å². The van der Waals surface area contributed by atoms with Gasteiger partial charge in [-0.05, 0) is 62.9 Å². The van der Waals surface area contributed by atoms with Gasteiger partial charge in [0.05, 0.1) is 11.0 Å². The highest BCUT2D eigenvalue weighted by molar-refractivity contribution is 5.78. The minimum absolute atomic E-state index is 0.542. The second-order valence-corrected chi connectivity index (χ2v) is 5.70. The Kier molecular flexibility index (Phi) is 4.81. The molecule has 0 atom stereocenters. The Morgan fingerprint density at radius 2 is 1.80 bits per heavy atom. The van der Waals surface area contributed by atoms with Crippen molar-refractivity contribution in [2.45, 2.75) is 59.4 Å². The smallest absolute Gasteiger partial charge is 0.112 e. The molecule has 3 heteroatoms. The van der Waals surface area contributed by atoms with Gasteiger partial charge in [-0.25, -0.2) is 4.98 Å². The summed E-state index contributed by atoms with van der Waals surface area (Å²) >= 11 is 0. The van der Waals surface area contributed by atoms with E-state index in [1.807, 2.05) is 0 Å². The van der Waals surface area contributed by atoms with E-state index in [0.29, 0.717) is 5.92 Å². The van der Waals surface area contributed by atoms with Crippen molar-refractivity contribution < 1.29 is 0 Å². The van der Waals surface area contributed by atoms with Crippen molar-refractivity contribution in [3.8, 4) is 0 Å². The third kappa shape index (κ3) is 2.73. The molecule has 0 saturated heterocycles. The molecular formula is C17H27N3. The number of benzene rings is 1. The summed E-state index contributed by atoms with van der Waals surface area (Å²) in [6, 6.07) is 4.50. The Bertz CT molecular complexity index is 579. The Labute approximate surface area is 122 Å². The van der Waals surface area contributed by atoms with E-state index in [1.54, 1.807) is 0 Å². The third-order valence-corrected chi connectivity index (χ3v) is 4.33. The second-order valence-electron chi connectivity index (χ2n) is 5.70. The fourth-order valence-corrected chi connectivity index (χ4v) is 2.85. The maximum absolute atomic E-state index is 5.70. The summed E-state index contributed by atoms with van der Waals surface area (Å²) in [7, 11) is 0. The summed E-state index contributed by atoms with van der Waals surface area (Å²) in [6.07, 6.45) is 3.28. The Morgan fingerprint density at radius 1 is 1.15 bits per heavy atom. The van der Waals surface area contributed by atoms with Crippen molar-refractivity contribution in [1.82, 2.24) is 9.55 Å². The molecule has 2 N–H and O–H groups in total. The van der Waals surface area contributed by atoms with Crippen molar-refractivity contribution in [3.05, 3.63) is 29.1 Å². The first kappa shape index (κ1) is 15.0. The zero-order valence-electron chi connectivity index (χ0n) is 13.2. The molecule has 3 nitrogen and oxygen atoms in total. The van der Waals surface area contributed by atoms with Crippen LogP contribution in [0.5, 0.6) is 0 Å². The summed E-state index contributed by atoms with van der Waals surface area (Å²) < 4.78 is 2.40. The van der Waals surface area contributed by atoms with Gasteiger partial charge in [0.25, 0.3) is 0 Å². The molecule has 0 radical (unpaired) electrons. The molecule has 0 aliphatic rings. The van der Waals surface area contributed by atoms with Gasteiger partial charge in [0.15, 0.2) is 0 Å². The SMILES string of the molecule is CCC(CC)c1nc2cc(C)c(C)cc2n1CCCN. The van der Waals surface area contributed by atoms with E-state index in [1.165, 1.54) is 22.5 Å². The minimum Gasteiger partial charge on any atom is -0.330 e. The van der Waals surface area contributed by atoms with Crippen LogP contribution in [0.2, 0.25) is 0 Å². The molecule has 2 aromatic rings. The van der Waals surface area contributed by atoms with Gasteiger partial charge in [-0.15, -0.1) is 0 Å². The molecule has 0 fully saturated rings. The lowest BCUT2D eigenvalue weighted by atomic mass is 10.0. The summed E-state index contributed by atoms with van der Waals surface area (Å²) in [5.74, 6) is 1.78. The molecule has 1 aromatic heterocycles. The highest BCUT2D eigenvalue weighted by Crippen LogP contribution is 2.28. The normalized spacial score (nSPS) is 11.7. The van der Waals surface area contributed by atoms with Crippen molar-refractivity contribution in [1.29, 1.82) is 0 Å². The zero-order chi connectivity index (χ0) is 14.7. The van der Waals surface area contributed by atoms with E-state index in [0.717, 1.165) is 37.9 Å². The number of hydrogen-bond acceptors (Lipinski definition) is 2. The van der Waals surface area contributed by atoms with Crippen molar-refractivity contribution >= 4 is 11.0 Å². The molecular weight excluding hydrogens is 246 g/mol. The van der Waals surface area contributed by atoms with Gasteiger partial charge in [0.2, 0.25) is 0 Å². The lowest BCUT2D eigenvalue weighted by Crippen LogP contribution is -2.11. The first-order valence-electron chi connectivity index (χ1n) is 7.79. The second kappa shape index (κ2) is 6.40. The molecule has 0 spiro atoms. The number of fused-ring (bicyclic) bond motifs is 1. The summed E-state index contributed by atoms with van der Waals surface area (Å²) in [6.45, 7) is 10.5. The van der Waals surface area contributed by atoms with Gasteiger partial charge in [0.1, 0.15) is 5.82 Å². The predicted octanol–water partition coefficient (Wildman–Crippen LogP) is 3.91. The molecule has 0 aliphatic carbocycles. The molecule has 0 amide bonds. The Balaban J connectivity index is 2.59. The molecule has 110 valence electrons. The van der Waals surface area contributed by atoms with E-state index in [2.05, 4.69) is 44.4 Å². The number of rotatable bonds is 6. The highest BCUT2D eigenvalue weighted by Gasteiger charge is 2.17. The molecule has 1 heterocycles. The van der Waals surface area contributed by atoms with E-state index in [4.69, 9.17) is 10.7 Å². The van der Waals surface area contributed by atoms with E-state index in [-0.39, 0.29) is 0 Å². The molecule has 0 bridgehead atoms. The largest absolute Gasteiger partial charge is 0.330 e. The maximum atomic E-state index is 5.70. The van der Waals surface area contributed by atoms with Gasteiger partial charge in [-0.3, -0.25) is 0 Å². The van der Waals surface area contributed by atoms with Crippen LogP contribution in [-0.4, -0.2) is 16.1 Å². The van der Waals surface area contributed by atoms with Crippen LogP contribution >= 0.6 is 0 Å². The predicted molar refractivity (Wildman–Crippen MR) is 86.2 cm³/mol. The van der Waals surface area contributed by atoms with Gasteiger partial charge < -0.3 is 10.3 Å².